The summed E-state index contributed by atoms with van der Waals surface area (Å²) in [6.45, 7) is 7.24. The fourth-order valence-corrected chi connectivity index (χ4v) is 3.29. The van der Waals surface area contributed by atoms with Crippen LogP contribution < -0.4 is 20.1 Å². The molecule has 7 heteroatoms. The monoisotopic (exact) mass is 404 g/mol. The molecule has 0 unspecified atom stereocenters. The van der Waals surface area contributed by atoms with E-state index in [9.17, 15) is 9.59 Å². The quantitative estimate of drug-likeness (QED) is 0.632. The lowest BCUT2D eigenvalue weighted by Gasteiger charge is -2.13. The number of thiophene rings is 1. The van der Waals surface area contributed by atoms with Crippen molar-refractivity contribution in [2.24, 2.45) is 5.92 Å². The summed E-state index contributed by atoms with van der Waals surface area (Å²) in [5.74, 6) is 1.71. The molecule has 0 bridgehead atoms. The van der Waals surface area contributed by atoms with Crippen LogP contribution >= 0.6 is 11.3 Å². The molecule has 0 aliphatic heterocycles. The number of carbonyl (C=O) groups is 2. The Morgan fingerprint density at radius 1 is 1.07 bits per heavy atom. The van der Waals surface area contributed by atoms with Crippen LogP contribution in [0, 0.1) is 5.92 Å². The molecular weight excluding hydrogens is 376 g/mol. The third-order valence-corrected chi connectivity index (χ3v) is 5.11. The molecular formula is C21H28N2O4S. The number of amides is 2. The van der Waals surface area contributed by atoms with Gasteiger partial charge in [-0.3, -0.25) is 9.59 Å². The van der Waals surface area contributed by atoms with Gasteiger partial charge in [-0.2, -0.15) is 0 Å². The number of hydrogen-bond donors (Lipinski definition) is 2. The van der Waals surface area contributed by atoms with Crippen molar-refractivity contribution in [3.05, 3.63) is 45.6 Å². The first-order chi connectivity index (χ1) is 13.4. The first-order valence-electron chi connectivity index (χ1n) is 9.30. The predicted molar refractivity (Wildman–Crippen MR) is 111 cm³/mol. The molecule has 2 rings (SSSR count). The minimum atomic E-state index is -0.143. The molecule has 2 aromatic rings. The first-order valence-corrected chi connectivity index (χ1v) is 10.1. The van der Waals surface area contributed by atoms with E-state index < -0.39 is 0 Å². The zero-order chi connectivity index (χ0) is 20.5. The molecule has 0 atom stereocenters. The van der Waals surface area contributed by atoms with Gasteiger partial charge >= 0.3 is 0 Å². The van der Waals surface area contributed by atoms with E-state index in [0.29, 0.717) is 42.0 Å². The fraction of sp³-hybridized carbons (Fsp3) is 0.429. The summed E-state index contributed by atoms with van der Waals surface area (Å²) >= 11 is 1.37. The van der Waals surface area contributed by atoms with Crippen molar-refractivity contribution in [3.8, 4) is 11.5 Å². The number of methoxy groups -OCH3 is 1. The molecule has 28 heavy (non-hydrogen) atoms. The zero-order valence-electron chi connectivity index (χ0n) is 16.8. The van der Waals surface area contributed by atoms with Gasteiger partial charge in [-0.1, -0.05) is 19.9 Å². The minimum absolute atomic E-state index is 0.0926. The highest BCUT2D eigenvalue weighted by atomic mass is 32.1. The molecule has 0 saturated carbocycles. The number of nitrogens with one attached hydrogen (secondary N) is 2. The molecule has 0 fully saturated rings. The molecule has 0 radical (unpaired) electrons. The second-order valence-corrected chi connectivity index (χ2v) is 8.04. The fourth-order valence-electron chi connectivity index (χ4n) is 2.42. The highest BCUT2D eigenvalue weighted by Gasteiger charge is 2.11. The van der Waals surface area contributed by atoms with Crippen molar-refractivity contribution < 1.29 is 19.1 Å². The van der Waals surface area contributed by atoms with E-state index >= 15 is 0 Å². The van der Waals surface area contributed by atoms with Crippen LogP contribution in [0.4, 0.5) is 0 Å². The van der Waals surface area contributed by atoms with Crippen LogP contribution in [0.15, 0.2) is 30.3 Å². The van der Waals surface area contributed by atoms with E-state index in [0.717, 1.165) is 16.9 Å². The standard InChI is InChI=1S/C21H28N2O4S/c1-14(2)9-10-27-18-7-5-16(11-19(18)26-4)12-23-21(25)20-8-6-17(28-20)13-22-15(3)24/h5-8,11,14H,9-10,12-13H2,1-4H3,(H,22,24)(H,23,25). The maximum atomic E-state index is 12.4. The summed E-state index contributed by atoms with van der Waals surface area (Å²) in [7, 11) is 1.61. The lowest BCUT2D eigenvalue weighted by molar-refractivity contribution is -0.119. The van der Waals surface area contributed by atoms with Crippen molar-refractivity contribution in [1.29, 1.82) is 0 Å². The summed E-state index contributed by atoms with van der Waals surface area (Å²) in [5.41, 5.74) is 0.927. The van der Waals surface area contributed by atoms with E-state index in [2.05, 4.69) is 24.5 Å². The molecule has 2 amide bonds. The summed E-state index contributed by atoms with van der Waals surface area (Å²) in [6.07, 6.45) is 0.978. The Morgan fingerprint density at radius 3 is 2.54 bits per heavy atom. The Labute approximate surface area is 170 Å². The molecule has 152 valence electrons. The third-order valence-electron chi connectivity index (χ3n) is 4.03. The highest BCUT2D eigenvalue weighted by molar-refractivity contribution is 7.14. The zero-order valence-corrected chi connectivity index (χ0v) is 17.7. The van der Waals surface area contributed by atoms with E-state index in [1.54, 1.807) is 13.2 Å². The first kappa shape index (κ1) is 21.8. The average molecular weight is 405 g/mol. The third kappa shape index (κ3) is 6.88. The minimum Gasteiger partial charge on any atom is -0.493 e. The van der Waals surface area contributed by atoms with E-state index in [4.69, 9.17) is 9.47 Å². The number of rotatable bonds is 10. The van der Waals surface area contributed by atoms with Gasteiger partial charge in [-0.15, -0.1) is 11.3 Å². The second kappa shape index (κ2) is 10.7. The van der Waals surface area contributed by atoms with Gasteiger partial charge in [0, 0.05) is 18.3 Å². The largest absolute Gasteiger partial charge is 0.493 e. The van der Waals surface area contributed by atoms with Gasteiger partial charge < -0.3 is 20.1 Å². The highest BCUT2D eigenvalue weighted by Crippen LogP contribution is 2.28. The Kier molecular flexibility index (Phi) is 8.32. The number of benzene rings is 1. The van der Waals surface area contributed by atoms with Crippen molar-refractivity contribution in [3.63, 3.8) is 0 Å². The Balaban J connectivity index is 1.91. The Bertz CT molecular complexity index is 801. The predicted octanol–water partition coefficient (Wildman–Crippen LogP) is 3.75. The van der Waals surface area contributed by atoms with Crippen LogP contribution in [0.2, 0.25) is 0 Å². The van der Waals surface area contributed by atoms with Crippen LogP contribution in [0.1, 0.15) is 47.3 Å². The summed E-state index contributed by atoms with van der Waals surface area (Å²) in [4.78, 5) is 24.9. The average Bonchev–Trinajstić information content (AvgIpc) is 3.14. The number of carbonyl (C=O) groups excluding carboxylic acids is 2. The van der Waals surface area contributed by atoms with Gasteiger partial charge in [0.15, 0.2) is 11.5 Å². The van der Waals surface area contributed by atoms with Crippen molar-refractivity contribution in [2.75, 3.05) is 13.7 Å². The Hall–Kier alpha value is -2.54. The molecule has 0 saturated heterocycles. The van der Waals surface area contributed by atoms with E-state index in [-0.39, 0.29) is 11.8 Å². The van der Waals surface area contributed by atoms with Gasteiger partial charge in [0.05, 0.1) is 25.1 Å². The lowest BCUT2D eigenvalue weighted by atomic mass is 10.1. The van der Waals surface area contributed by atoms with Gasteiger partial charge in [0.1, 0.15) is 0 Å². The van der Waals surface area contributed by atoms with Crippen molar-refractivity contribution in [2.45, 2.75) is 40.3 Å². The smallest absolute Gasteiger partial charge is 0.261 e. The van der Waals surface area contributed by atoms with Crippen LogP contribution in [0.25, 0.3) is 0 Å². The number of ether oxygens (including phenoxy) is 2. The SMILES string of the molecule is COc1cc(CNC(=O)c2ccc(CNC(C)=O)s2)ccc1OCCC(C)C. The van der Waals surface area contributed by atoms with Crippen molar-refractivity contribution in [1.82, 2.24) is 10.6 Å². The van der Waals surface area contributed by atoms with Gasteiger partial charge in [0.2, 0.25) is 5.91 Å². The number of hydrogen-bond acceptors (Lipinski definition) is 5. The molecule has 6 nitrogen and oxygen atoms in total. The summed E-state index contributed by atoms with van der Waals surface area (Å²) < 4.78 is 11.2. The van der Waals surface area contributed by atoms with Gasteiger partial charge in [0.25, 0.3) is 5.91 Å². The van der Waals surface area contributed by atoms with Gasteiger partial charge in [-0.25, -0.2) is 0 Å². The van der Waals surface area contributed by atoms with Crippen LogP contribution in [0.5, 0.6) is 11.5 Å². The molecule has 1 aromatic carbocycles. The van der Waals surface area contributed by atoms with Crippen LogP contribution in [0.3, 0.4) is 0 Å². The topological polar surface area (TPSA) is 76.7 Å². The summed E-state index contributed by atoms with van der Waals surface area (Å²) in [6, 6.07) is 9.29. The molecule has 1 heterocycles. The second-order valence-electron chi connectivity index (χ2n) is 6.87. The van der Waals surface area contributed by atoms with E-state index in [1.807, 2.05) is 24.3 Å². The van der Waals surface area contributed by atoms with Gasteiger partial charge in [-0.05, 0) is 42.2 Å². The molecule has 0 spiro atoms. The molecule has 0 aliphatic carbocycles. The molecule has 2 N–H and O–H groups in total. The Morgan fingerprint density at radius 2 is 1.86 bits per heavy atom. The van der Waals surface area contributed by atoms with Crippen LogP contribution in [-0.2, 0) is 17.9 Å². The van der Waals surface area contributed by atoms with E-state index in [1.165, 1.54) is 18.3 Å². The summed E-state index contributed by atoms with van der Waals surface area (Å²) in [5, 5.41) is 5.63. The maximum absolute atomic E-state index is 12.4. The molecule has 0 aliphatic rings. The van der Waals surface area contributed by atoms with Crippen LogP contribution in [-0.4, -0.2) is 25.5 Å². The van der Waals surface area contributed by atoms with Crippen molar-refractivity contribution >= 4 is 23.2 Å². The lowest BCUT2D eigenvalue weighted by Crippen LogP contribution is -2.21. The molecule has 1 aromatic heterocycles. The maximum Gasteiger partial charge on any atom is 0.261 e. The normalized spacial score (nSPS) is 10.6.